The predicted octanol–water partition coefficient (Wildman–Crippen LogP) is 2.43. The number of rotatable bonds is 4. The highest BCUT2D eigenvalue weighted by molar-refractivity contribution is 6.18. The van der Waals surface area contributed by atoms with Crippen LogP contribution in [0.15, 0.2) is 60.7 Å². The fourth-order valence-corrected chi connectivity index (χ4v) is 3.12. The lowest BCUT2D eigenvalue weighted by molar-refractivity contribution is -0.124. The molecule has 0 aromatic heterocycles. The zero-order chi connectivity index (χ0) is 17.9. The minimum Gasteiger partial charge on any atom is -0.336 e. The molecule has 1 aliphatic rings. The summed E-state index contributed by atoms with van der Waals surface area (Å²) in [5.74, 6) is -0.380. The SMILES string of the molecule is O=C(NCCCl)N1C(=O)NC(=O)C1(c1ccccc1)c1ccccc1. The van der Waals surface area contributed by atoms with Crippen molar-refractivity contribution in [2.45, 2.75) is 5.54 Å². The number of hydrogen-bond acceptors (Lipinski definition) is 3. The Morgan fingerprint density at radius 2 is 1.52 bits per heavy atom. The van der Waals surface area contributed by atoms with E-state index in [1.54, 1.807) is 60.7 Å². The summed E-state index contributed by atoms with van der Waals surface area (Å²) in [6.07, 6.45) is 0. The quantitative estimate of drug-likeness (QED) is 0.651. The maximum Gasteiger partial charge on any atom is 0.333 e. The van der Waals surface area contributed by atoms with E-state index < -0.39 is 23.5 Å². The first-order valence-corrected chi connectivity index (χ1v) is 8.26. The highest BCUT2D eigenvalue weighted by Gasteiger charge is 2.58. The molecule has 0 atom stereocenters. The van der Waals surface area contributed by atoms with Crippen molar-refractivity contribution in [1.29, 1.82) is 0 Å². The first-order chi connectivity index (χ1) is 12.1. The Morgan fingerprint density at radius 1 is 1.00 bits per heavy atom. The molecule has 1 fully saturated rings. The zero-order valence-corrected chi connectivity index (χ0v) is 14.0. The number of nitrogens with one attached hydrogen (secondary N) is 2. The van der Waals surface area contributed by atoms with Gasteiger partial charge in [-0.2, -0.15) is 0 Å². The Labute approximate surface area is 149 Å². The van der Waals surface area contributed by atoms with E-state index in [0.29, 0.717) is 11.1 Å². The van der Waals surface area contributed by atoms with Crippen molar-refractivity contribution < 1.29 is 14.4 Å². The Hall–Kier alpha value is -2.86. The molecule has 2 aromatic rings. The third-order valence-electron chi connectivity index (χ3n) is 4.04. The molecule has 0 bridgehead atoms. The number of carbonyl (C=O) groups is 3. The molecule has 2 aromatic carbocycles. The van der Waals surface area contributed by atoms with E-state index in [1.165, 1.54) is 0 Å². The third kappa shape index (κ3) is 2.74. The van der Waals surface area contributed by atoms with Crippen LogP contribution in [0.5, 0.6) is 0 Å². The fraction of sp³-hybridized carbons (Fsp3) is 0.167. The van der Waals surface area contributed by atoms with Crippen molar-refractivity contribution in [2.75, 3.05) is 12.4 Å². The molecule has 5 amide bonds. The van der Waals surface area contributed by atoms with E-state index in [1.807, 2.05) is 0 Å². The zero-order valence-electron chi connectivity index (χ0n) is 13.2. The number of hydrogen-bond donors (Lipinski definition) is 2. The number of imide groups is 2. The summed E-state index contributed by atoms with van der Waals surface area (Å²) in [5, 5.41) is 4.83. The van der Waals surface area contributed by atoms with Gasteiger partial charge in [0.2, 0.25) is 0 Å². The van der Waals surface area contributed by atoms with Gasteiger partial charge in [-0.15, -0.1) is 11.6 Å². The van der Waals surface area contributed by atoms with Crippen LogP contribution in [0.2, 0.25) is 0 Å². The number of urea groups is 2. The number of benzene rings is 2. The molecule has 1 saturated heterocycles. The fourth-order valence-electron chi connectivity index (χ4n) is 3.02. The standard InChI is InChI=1S/C18H16ClN3O3/c19-11-12-20-16(24)22-17(25)21-15(23)18(22,13-7-3-1-4-8-13)14-9-5-2-6-10-14/h1-10H,11-12H2,(H,20,24)(H,21,23,25). The van der Waals surface area contributed by atoms with E-state index >= 15 is 0 Å². The molecule has 0 aliphatic carbocycles. The van der Waals surface area contributed by atoms with Crippen LogP contribution in [0.3, 0.4) is 0 Å². The van der Waals surface area contributed by atoms with Gasteiger partial charge in [-0.3, -0.25) is 10.1 Å². The molecule has 3 rings (SSSR count). The van der Waals surface area contributed by atoms with Gasteiger partial charge in [0.1, 0.15) is 0 Å². The molecule has 1 heterocycles. The molecule has 2 N–H and O–H groups in total. The highest BCUT2D eigenvalue weighted by atomic mass is 35.5. The summed E-state index contributed by atoms with van der Waals surface area (Å²) in [6, 6.07) is 16.0. The molecule has 128 valence electrons. The topological polar surface area (TPSA) is 78.5 Å². The second kappa shape index (κ2) is 6.94. The molecular formula is C18H16ClN3O3. The lowest BCUT2D eigenvalue weighted by atomic mass is 9.81. The normalized spacial score (nSPS) is 15.8. The van der Waals surface area contributed by atoms with Gasteiger partial charge in [-0.25, -0.2) is 14.5 Å². The molecular weight excluding hydrogens is 342 g/mol. The summed E-state index contributed by atoms with van der Waals surface area (Å²) in [4.78, 5) is 39.0. The maximum atomic E-state index is 12.9. The van der Waals surface area contributed by atoms with Crippen LogP contribution in [0.4, 0.5) is 9.59 Å². The first-order valence-electron chi connectivity index (χ1n) is 7.73. The summed E-state index contributed by atoms with van der Waals surface area (Å²) < 4.78 is 0. The van der Waals surface area contributed by atoms with Crippen LogP contribution in [0.1, 0.15) is 11.1 Å². The third-order valence-corrected chi connectivity index (χ3v) is 4.23. The number of alkyl halides is 1. The van der Waals surface area contributed by atoms with Gasteiger partial charge >= 0.3 is 12.1 Å². The number of carbonyl (C=O) groups excluding carboxylic acids is 3. The molecule has 0 spiro atoms. The number of nitrogens with zero attached hydrogens (tertiary/aromatic N) is 1. The monoisotopic (exact) mass is 357 g/mol. The van der Waals surface area contributed by atoms with E-state index in [2.05, 4.69) is 10.6 Å². The van der Waals surface area contributed by atoms with Crippen LogP contribution in [-0.4, -0.2) is 35.3 Å². The van der Waals surface area contributed by atoms with Crippen molar-refractivity contribution in [2.24, 2.45) is 0 Å². The van der Waals surface area contributed by atoms with E-state index in [-0.39, 0.29) is 12.4 Å². The highest BCUT2D eigenvalue weighted by Crippen LogP contribution is 2.39. The van der Waals surface area contributed by atoms with E-state index in [0.717, 1.165) is 4.90 Å². The summed E-state index contributed by atoms with van der Waals surface area (Å²) in [5.41, 5.74) is -0.535. The van der Waals surface area contributed by atoms with Gasteiger partial charge in [0.05, 0.1) is 0 Å². The predicted molar refractivity (Wildman–Crippen MR) is 93.2 cm³/mol. The maximum absolute atomic E-state index is 12.9. The average molecular weight is 358 g/mol. The molecule has 6 nitrogen and oxygen atoms in total. The van der Waals surface area contributed by atoms with Crippen LogP contribution in [0.25, 0.3) is 0 Å². The van der Waals surface area contributed by atoms with E-state index in [4.69, 9.17) is 11.6 Å². The molecule has 25 heavy (non-hydrogen) atoms. The smallest absolute Gasteiger partial charge is 0.333 e. The molecule has 0 unspecified atom stereocenters. The van der Waals surface area contributed by atoms with Crippen molar-refractivity contribution >= 4 is 29.6 Å². The minimum absolute atomic E-state index is 0.179. The van der Waals surface area contributed by atoms with Gasteiger partial charge in [-0.1, -0.05) is 60.7 Å². The average Bonchev–Trinajstić information content (AvgIpc) is 2.92. The molecule has 1 aliphatic heterocycles. The number of amides is 5. The summed E-state index contributed by atoms with van der Waals surface area (Å²) >= 11 is 5.62. The van der Waals surface area contributed by atoms with Crippen molar-refractivity contribution in [3.63, 3.8) is 0 Å². The van der Waals surface area contributed by atoms with Crippen molar-refractivity contribution in [1.82, 2.24) is 15.5 Å². The molecule has 0 saturated carbocycles. The van der Waals surface area contributed by atoms with Gasteiger partial charge in [0.25, 0.3) is 5.91 Å². The summed E-state index contributed by atoms with van der Waals surface area (Å²) in [7, 11) is 0. The Balaban J connectivity index is 2.22. The lowest BCUT2D eigenvalue weighted by Gasteiger charge is -2.34. The van der Waals surface area contributed by atoms with Gasteiger partial charge in [0, 0.05) is 12.4 Å². The van der Waals surface area contributed by atoms with E-state index in [9.17, 15) is 14.4 Å². The van der Waals surface area contributed by atoms with Crippen molar-refractivity contribution in [3.05, 3.63) is 71.8 Å². The second-order valence-electron chi connectivity index (χ2n) is 5.46. The Bertz CT molecular complexity index is 756. The first kappa shape index (κ1) is 17.0. The van der Waals surface area contributed by atoms with Crippen molar-refractivity contribution in [3.8, 4) is 0 Å². The minimum atomic E-state index is -1.57. The molecule has 7 heteroatoms. The Morgan fingerprint density at radius 3 is 2.00 bits per heavy atom. The van der Waals surface area contributed by atoms with Crippen LogP contribution in [0, 0.1) is 0 Å². The largest absolute Gasteiger partial charge is 0.336 e. The summed E-state index contributed by atoms with van der Waals surface area (Å²) in [6.45, 7) is 0.179. The van der Waals surface area contributed by atoms with Crippen LogP contribution in [-0.2, 0) is 10.3 Å². The lowest BCUT2D eigenvalue weighted by Crippen LogP contribution is -2.54. The second-order valence-corrected chi connectivity index (χ2v) is 5.84. The Kier molecular flexibility index (Phi) is 4.72. The van der Waals surface area contributed by atoms with Crippen LogP contribution < -0.4 is 10.6 Å². The van der Waals surface area contributed by atoms with Gasteiger partial charge < -0.3 is 5.32 Å². The van der Waals surface area contributed by atoms with Gasteiger partial charge in [0.15, 0.2) is 5.54 Å². The molecule has 0 radical (unpaired) electrons. The number of halogens is 1. The van der Waals surface area contributed by atoms with Crippen LogP contribution >= 0.6 is 11.6 Å². The van der Waals surface area contributed by atoms with Gasteiger partial charge in [-0.05, 0) is 11.1 Å².